The van der Waals surface area contributed by atoms with Crippen LogP contribution < -0.4 is 21.3 Å². The summed E-state index contributed by atoms with van der Waals surface area (Å²) in [5, 5.41) is 10.7. The Labute approximate surface area is 284 Å². The summed E-state index contributed by atoms with van der Waals surface area (Å²) in [6, 6.07) is 10.9. The van der Waals surface area contributed by atoms with Crippen LogP contribution in [0.15, 0.2) is 54.6 Å². The molecule has 0 radical (unpaired) electrons. The van der Waals surface area contributed by atoms with Crippen molar-refractivity contribution < 1.29 is 37.9 Å². The van der Waals surface area contributed by atoms with Gasteiger partial charge in [0.15, 0.2) is 0 Å². The van der Waals surface area contributed by atoms with Gasteiger partial charge in [-0.1, -0.05) is 48.9 Å². The van der Waals surface area contributed by atoms with Gasteiger partial charge in [-0.3, -0.25) is 24.0 Å². The summed E-state index contributed by atoms with van der Waals surface area (Å²) in [4.78, 5) is 81.6. The second kappa shape index (κ2) is 16.1. The smallest absolute Gasteiger partial charge is 0.408 e. The molecule has 2 unspecified atom stereocenters. The van der Waals surface area contributed by atoms with Crippen molar-refractivity contribution >= 4 is 35.5 Å². The number of nitrogens with zero attached hydrogens (tertiary/aromatic N) is 1. The SMILES string of the molecule is CC(C)NC(=O)C(=O)C(C[C@@H]1CCNC1=O)NC(=O)[C@@H]1[C@H]2CCC[C@H]2CN1C(=O)C(Cc1ccc(F)cc1)NC(=O)OCc1ccccc1. The Kier molecular flexibility index (Phi) is 11.6. The molecular formula is C36H44FN5O7. The van der Waals surface area contributed by atoms with Gasteiger partial charge in [-0.15, -0.1) is 0 Å². The molecule has 1 saturated carbocycles. The average Bonchev–Trinajstić information content (AvgIpc) is 3.80. The van der Waals surface area contributed by atoms with Crippen LogP contribution in [0.1, 0.15) is 57.1 Å². The molecule has 2 aromatic rings. The van der Waals surface area contributed by atoms with Crippen molar-refractivity contribution in [1.82, 2.24) is 26.2 Å². The highest BCUT2D eigenvalue weighted by atomic mass is 19.1. The summed E-state index contributed by atoms with van der Waals surface area (Å²) in [5.74, 6) is -4.29. The highest BCUT2D eigenvalue weighted by Gasteiger charge is 2.51. The number of ether oxygens (including phenoxy) is 1. The molecule has 2 saturated heterocycles. The van der Waals surface area contributed by atoms with E-state index in [9.17, 15) is 33.2 Å². The molecule has 49 heavy (non-hydrogen) atoms. The Balaban J connectivity index is 1.37. The van der Waals surface area contributed by atoms with E-state index >= 15 is 0 Å². The minimum Gasteiger partial charge on any atom is -0.445 e. The van der Waals surface area contributed by atoms with Crippen molar-refractivity contribution in [3.63, 3.8) is 0 Å². The topological polar surface area (TPSA) is 163 Å². The van der Waals surface area contributed by atoms with Crippen molar-refractivity contribution in [3.05, 3.63) is 71.5 Å². The van der Waals surface area contributed by atoms with E-state index in [-0.39, 0.29) is 49.8 Å². The van der Waals surface area contributed by atoms with Crippen LogP contribution in [-0.2, 0) is 41.7 Å². The number of hydrogen-bond acceptors (Lipinski definition) is 7. The number of hydrogen-bond donors (Lipinski definition) is 4. The third-order valence-electron chi connectivity index (χ3n) is 9.56. The van der Waals surface area contributed by atoms with Crippen LogP contribution in [0.5, 0.6) is 0 Å². The van der Waals surface area contributed by atoms with Crippen molar-refractivity contribution in [3.8, 4) is 0 Å². The summed E-state index contributed by atoms with van der Waals surface area (Å²) in [6.07, 6.45) is 1.92. The number of halogens is 1. The third-order valence-corrected chi connectivity index (χ3v) is 9.56. The molecule has 13 heteroatoms. The van der Waals surface area contributed by atoms with Crippen molar-refractivity contribution in [1.29, 1.82) is 0 Å². The number of ketones is 1. The summed E-state index contributed by atoms with van der Waals surface area (Å²) < 4.78 is 19.1. The number of carbonyl (C=O) groups excluding carboxylic acids is 6. The van der Waals surface area contributed by atoms with Gasteiger partial charge in [0.1, 0.15) is 24.5 Å². The molecule has 4 N–H and O–H groups in total. The van der Waals surface area contributed by atoms with Gasteiger partial charge in [0.25, 0.3) is 5.91 Å². The summed E-state index contributed by atoms with van der Waals surface area (Å²) in [7, 11) is 0. The fraction of sp³-hybridized carbons (Fsp3) is 0.500. The molecule has 2 aromatic carbocycles. The molecule has 0 aromatic heterocycles. The molecular weight excluding hydrogens is 633 g/mol. The van der Waals surface area contributed by atoms with Gasteiger partial charge in [0, 0.05) is 31.5 Å². The molecule has 0 spiro atoms. The van der Waals surface area contributed by atoms with Gasteiger partial charge < -0.3 is 30.9 Å². The maximum absolute atomic E-state index is 14.4. The number of alkyl carbamates (subject to hydrolysis) is 1. The maximum Gasteiger partial charge on any atom is 0.408 e. The highest BCUT2D eigenvalue weighted by Crippen LogP contribution is 2.42. The van der Waals surface area contributed by atoms with E-state index < -0.39 is 59.5 Å². The molecule has 6 atom stereocenters. The summed E-state index contributed by atoms with van der Waals surface area (Å²) >= 11 is 0. The van der Waals surface area contributed by atoms with Gasteiger partial charge in [-0.2, -0.15) is 0 Å². The molecule has 262 valence electrons. The maximum atomic E-state index is 14.4. The lowest BCUT2D eigenvalue weighted by Gasteiger charge is -2.32. The number of rotatable bonds is 13. The first-order valence-electron chi connectivity index (χ1n) is 16.9. The van der Waals surface area contributed by atoms with Crippen molar-refractivity contribution in [2.24, 2.45) is 17.8 Å². The Morgan fingerprint density at radius 1 is 0.918 bits per heavy atom. The molecule has 1 aliphatic carbocycles. The number of likely N-dealkylation sites (tertiary alicyclic amines) is 1. The van der Waals surface area contributed by atoms with Gasteiger partial charge in [-0.05, 0) is 74.6 Å². The minimum absolute atomic E-state index is 0.00694. The second-order valence-electron chi connectivity index (χ2n) is 13.4. The first-order valence-corrected chi connectivity index (χ1v) is 16.9. The molecule has 3 aliphatic rings. The van der Waals surface area contributed by atoms with Crippen LogP contribution in [0.25, 0.3) is 0 Å². The zero-order valence-corrected chi connectivity index (χ0v) is 27.8. The first kappa shape index (κ1) is 35.5. The molecule has 3 fully saturated rings. The quantitative estimate of drug-likeness (QED) is 0.237. The number of amides is 5. The zero-order valence-electron chi connectivity index (χ0n) is 27.8. The number of nitrogens with one attached hydrogen (secondary N) is 4. The van der Waals surface area contributed by atoms with Crippen LogP contribution in [0, 0.1) is 23.6 Å². The van der Waals surface area contributed by atoms with E-state index in [2.05, 4.69) is 21.3 Å². The van der Waals surface area contributed by atoms with E-state index in [4.69, 9.17) is 4.74 Å². The Morgan fingerprint density at radius 3 is 2.33 bits per heavy atom. The van der Waals surface area contributed by atoms with Gasteiger partial charge in [0.2, 0.25) is 23.5 Å². The molecule has 2 aliphatic heterocycles. The van der Waals surface area contributed by atoms with Gasteiger partial charge >= 0.3 is 6.09 Å². The van der Waals surface area contributed by atoms with Gasteiger partial charge in [-0.25, -0.2) is 9.18 Å². The molecule has 5 amide bonds. The number of fused-ring (bicyclic) bond motifs is 1. The Hall–Kier alpha value is -4.81. The number of carbonyl (C=O) groups is 6. The van der Waals surface area contributed by atoms with E-state index in [1.807, 2.05) is 18.2 Å². The van der Waals surface area contributed by atoms with Crippen molar-refractivity contribution in [2.45, 2.75) is 83.1 Å². The van der Waals surface area contributed by atoms with Crippen LogP contribution in [-0.4, -0.2) is 77.7 Å². The predicted molar refractivity (Wildman–Crippen MR) is 176 cm³/mol. The van der Waals surface area contributed by atoms with E-state index in [1.165, 1.54) is 29.2 Å². The average molecular weight is 678 g/mol. The van der Waals surface area contributed by atoms with Crippen LogP contribution >= 0.6 is 0 Å². The normalized spacial score (nSPS) is 22.5. The standard InChI is InChI=1S/C36H44FN5O7/c1-21(2)39-34(46)31(43)28(18-24-15-16-38-32(24)44)40-33(45)30-27-10-6-9-25(27)19-42(30)35(47)29(17-22-11-13-26(37)14-12-22)41-36(48)49-20-23-7-4-3-5-8-23/h3-5,7-8,11-14,21,24-25,27-30H,6,9-10,15-20H2,1-2H3,(H,38,44)(H,39,46)(H,40,45)(H,41,48)/t24-,25-,27-,28?,29?,30-/m0/s1. The van der Waals surface area contributed by atoms with E-state index in [0.717, 1.165) is 18.4 Å². The van der Waals surface area contributed by atoms with Crippen LogP contribution in [0.3, 0.4) is 0 Å². The summed E-state index contributed by atoms with van der Waals surface area (Å²) in [5.41, 5.74) is 1.34. The molecule has 2 heterocycles. The van der Waals surface area contributed by atoms with E-state index in [0.29, 0.717) is 24.9 Å². The molecule has 5 rings (SSSR count). The van der Waals surface area contributed by atoms with Crippen molar-refractivity contribution in [2.75, 3.05) is 13.1 Å². The second-order valence-corrected chi connectivity index (χ2v) is 13.4. The monoisotopic (exact) mass is 677 g/mol. The fourth-order valence-corrected chi connectivity index (χ4v) is 7.17. The third kappa shape index (κ3) is 9.01. The van der Waals surface area contributed by atoms with Crippen LogP contribution in [0.4, 0.5) is 9.18 Å². The lowest BCUT2D eigenvalue weighted by molar-refractivity contribution is -0.144. The van der Waals surface area contributed by atoms with Gasteiger partial charge in [0.05, 0.1) is 6.04 Å². The highest BCUT2D eigenvalue weighted by molar-refractivity contribution is 6.38. The Bertz CT molecular complexity index is 1540. The fourth-order valence-electron chi connectivity index (χ4n) is 7.17. The number of benzene rings is 2. The molecule has 0 bridgehead atoms. The number of Topliss-reactive ketones (excluding diaryl/α,β-unsaturated/α-hetero) is 1. The minimum atomic E-state index is -1.28. The van der Waals surface area contributed by atoms with E-state index in [1.54, 1.807) is 26.0 Å². The molecule has 12 nitrogen and oxygen atoms in total. The summed E-state index contributed by atoms with van der Waals surface area (Å²) in [6.45, 7) is 4.08. The zero-order chi connectivity index (χ0) is 35.1. The Morgan fingerprint density at radius 2 is 1.65 bits per heavy atom. The predicted octanol–water partition coefficient (Wildman–Crippen LogP) is 2.40. The first-order chi connectivity index (χ1) is 23.5. The largest absolute Gasteiger partial charge is 0.445 e. The lowest BCUT2D eigenvalue weighted by atomic mass is 9.91. The lowest BCUT2D eigenvalue weighted by Crippen LogP contribution is -2.58. The van der Waals surface area contributed by atoms with Crippen LogP contribution in [0.2, 0.25) is 0 Å².